The van der Waals surface area contributed by atoms with Gasteiger partial charge in [-0.3, -0.25) is 4.79 Å². The Bertz CT molecular complexity index is 940. The number of nitriles is 1. The fraction of sp³-hybridized carbons (Fsp3) is 0.211. The number of nitrogens with two attached hydrogens (primary N) is 1. The van der Waals surface area contributed by atoms with Gasteiger partial charge < -0.3 is 21.5 Å². The van der Waals surface area contributed by atoms with Gasteiger partial charge in [0.05, 0.1) is 12.2 Å². The molecule has 7 nitrogen and oxygen atoms in total. The minimum absolute atomic E-state index is 0.0164. The highest BCUT2D eigenvalue weighted by atomic mass is 32.2. The van der Waals surface area contributed by atoms with Gasteiger partial charge in [-0.15, -0.1) is 11.8 Å². The van der Waals surface area contributed by atoms with Crippen molar-refractivity contribution in [3.05, 3.63) is 35.4 Å². The lowest BCUT2D eigenvalue weighted by atomic mass is 9.96. The number of pyridine rings is 1. The molecule has 1 aromatic carbocycles. The summed E-state index contributed by atoms with van der Waals surface area (Å²) in [7, 11) is 1.68. The van der Waals surface area contributed by atoms with Crippen LogP contribution in [0.3, 0.4) is 0 Å². The molecule has 0 aliphatic rings. The topological polar surface area (TPSA) is 124 Å². The third kappa shape index (κ3) is 4.70. The van der Waals surface area contributed by atoms with Crippen molar-refractivity contribution < 1.29 is 9.90 Å². The lowest BCUT2D eigenvalue weighted by Crippen LogP contribution is -2.06. The van der Waals surface area contributed by atoms with Crippen LogP contribution in [0.4, 0.5) is 11.5 Å². The van der Waals surface area contributed by atoms with Crippen molar-refractivity contribution in [1.29, 1.82) is 5.26 Å². The first-order valence-electron chi connectivity index (χ1n) is 8.04. The molecule has 2 rings (SSSR count). The first-order chi connectivity index (χ1) is 13.0. The van der Waals surface area contributed by atoms with Crippen LogP contribution in [0.5, 0.6) is 0 Å². The van der Waals surface area contributed by atoms with Crippen LogP contribution in [-0.2, 0) is 4.79 Å². The molecule has 0 saturated heterocycles. The highest BCUT2D eigenvalue weighted by Gasteiger charge is 2.20. The van der Waals surface area contributed by atoms with Gasteiger partial charge >= 0.3 is 0 Å². The molecule has 0 radical (unpaired) electrons. The molecule has 1 heterocycles. The lowest BCUT2D eigenvalue weighted by Gasteiger charge is -2.15. The van der Waals surface area contributed by atoms with Crippen molar-refractivity contribution in [2.24, 2.45) is 5.73 Å². The van der Waals surface area contributed by atoms with Crippen molar-refractivity contribution in [2.45, 2.75) is 11.9 Å². The molecular formula is C19H19N5O2S. The molecule has 0 fully saturated rings. The van der Waals surface area contributed by atoms with Gasteiger partial charge in [-0.05, 0) is 23.6 Å². The van der Waals surface area contributed by atoms with Gasteiger partial charge in [-0.25, -0.2) is 4.98 Å². The molecule has 0 aliphatic heterocycles. The molecule has 1 amide bonds. The van der Waals surface area contributed by atoms with Gasteiger partial charge in [0.1, 0.15) is 22.5 Å². The molecule has 0 bridgehead atoms. The van der Waals surface area contributed by atoms with Crippen LogP contribution in [0, 0.1) is 23.3 Å². The minimum atomic E-state index is -0.167. The first kappa shape index (κ1) is 20.1. The third-order valence-electron chi connectivity index (χ3n) is 3.53. The molecule has 1 aromatic heterocycles. The smallest absolute Gasteiger partial charge is 0.221 e. The normalized spacial score (nSPS) is 9.70. The first-order valence-corrected chi connectivity index (χ1v) is 9.03. The predicted octanol–water partition coefficient (Wildman–Crippen LogP) is 1.97. The van der Waals surface area contributed by atoms with E-state index in [9.17, 15) is 10.1 Å². The molecule has 2 aromatic rings. The van der Waals surface area contributed by atoms with Gasteiger partial charge in [-0.1, -0.05) is 12.1 Å². The summed E-state index contributed by atoms with van der Waals surface area (Å²) in [6, 6.07) is 11.6. The summed E-state index contributed by atoms with van der Waals surface area (Å²) in [5.41, 5.74) is 8.31. The Morgan fingerprint density at radius 2 is 2.04 bits per heavy atom. The highest BCUT2D eigenvalue weighted by Crippen LogP contribution is 2.36. The van der Waals surface area contributed by atoms with E-state index >= 15 is 0 Å². The van der Waals surface area contributed by atoms with Crippen molar-refractivity contribution in [3.8, 4) is 29.2 Å². The minimum Gasteiger partial charge on any atom is -0.396 e. The Morgan fingerprint density at radius 3 is 2.56 bits per heavy atom. The number of aliphatic hydroxyl groups excluding tert-OH is 1. The summed E-state index contributed by atoms with van der Waals surface area (Å²) < 4.78 is 0. The van der Waals surface area contributed by atoms with E-state index in [1.54, 1.807) is 31.3 Å². The standard InChI is InChI=1S/C19H19N5O2S/c1-12(26)23-14-5-3-13(4-6-14)17-15(7-8-20)19(27-10-9-25)24-18(22-2)16(17)11-21/h3-6,25H,9-10,20H2,1-2H3,(H,22,24)(H,23,26). The molecule has 138 valence electrons. The summed E-state index contributed by atoms with van der Waals surface area (Å²) in [5, 5.41) is 25.1. The Kier molecular flexibility index (Phi) is 7.07. The van der Waals surface area contributed by atoms with Crippen LogP contribution < -0.4 is 16.4 Å². The summed E-state index contributed by atoms with van der Waals surface area (Å²) in [4.78, 5) is 15.7. The van der Waals surface area contributed by atoms with Gasteiger partial charge in [0.2, 0.25) is 5.91 Å². The molecule has 0 atom stereocenters. The van der Waals surface area contributed by atoms with E-state index in [4.69, 9.17) is 10.8 Å². The zero-order valence-corrected chi connectivity index (χ0v) is 15.8. The van der Waals surface area contributed by atoms with E-state index in [2.05, 4.69) is 33.7 Å². The van der Waals surface area contributed by atoms with Crippen LogP contribution in [0.15, 0.2) is 29.3 Å². The van der Waals surface area contributed by atoms with Crippen molar-refractivity contribution >= 4 is 29.2 Å². The molecular weight excluding hydrogens is 362 g/mol. The number of carbonyl (C=O) groups is 1. The van der Waals surface area contributed by atoms with Crippen molar-refractivity contribution in [1.82, 2.24) is 4.98 Å². The monoisotopic (exact) mass is 381 g/mol. The van der Waals surface area contributed by atoms with E-state index in [-0.39, 0.29) is 12.5 Å². The van der Waals surface area contributed by atoms with Crippen molar-refractivity contribution in [3.63, 3.8) is 0 Å². The Labute approximate surface area is 162 Å². The number of aliphatic hydroxyl groups is 1. The van der Waals surface area contributed by atoms with E-state index in [0.717, 1.165) is 5.56 Å². The summed E-state index contributed by atoms with van der Waals surface area (Å²) in [6.45, 7) is 1.42. The number of rotatable bonds is 6. The lowest BCUT2D eigenvalue weighted by molar-refractivity contribution is -0.114. The van der Waals surface area contributed by atoms with E-state index in [1.807, 2.05) is 0 Å². The van der Waals surface area contributed by atoms with Gasteiger partial charge in [0.15, 0.2) is 0 Å². The molecule has 0 aliphatic carbocycles. The molecule has 0 unspecified atom stereocenters. The predicted molar refractivity (Wildman–Crippen MR) is 107 cm³/mol. The van der Waals surface area contributed by atoms with Crippen LogP contribution in [0.2, 0.25) is 0 Å². The zero-order chi connectivity index (χ0) is 19.8. The number of benzene rings is 1. The number of hydrogen-bond acceptors (Lipinski definition) is 7. The molecule has 0 spiro atoms. The maximum absolute atomic E-state index is 11.2. The van der Waals surface area contributed by atoms with Gasteiger partial charge in [-0.2, -0.15) is 5.26 Å². The maximum Gasteiger partial charge on any atom is 0.221 e. The molecule has 8 heteroatoms. The number of hydrogen-bond donors (Lipinski definition) is 4. The van der Waals surface area contributed by atoms with Crippen LogP contribution >= 0.6 is 11.8 Å². The Balaban J connectivity index is 2.72. The second-order valence-electron chi connectivity index (χ2n) is 5.35. The van der Waals surface area contributed by atoms with Gasteiger partial charge in [0, 0.05) is 37.0 Å². The summed E-state index contributed by atoms with van der Waals surface area (Å²) in [5.74, 6) is 3.52. The SMILES string of the molecule is CNc1nc(SCCO)c(C#CN)c(-c2ccc(NC(C)=O)cc2)c1C#N. The fourth-order valence-electron chi connectivity index (χ4n) is 2.50. The second-order valence-corrected chi connectivity index (χ2v) is 6.44. The number of nitrogens with zero attached hydrogens (tertiary/aromatic N) is 2. The quantitative estimate of drug-likeness (QED) is 0.342. The number of anilines is 2. The van der Waals surface area contributed by atoms with E-state index in [0.29, 0.717) is 39.0 Å². The number of amides is 1. The Morgan fingerprint density at radius 1 is 1.33 bits per heavy atom. The summed E-state index contributed by atoms with van der Waals surface area (Å²) in [6.07, 6.45) is 0. The second kappa shape index (κ2) is 9.48. The van der Waals surface area contributed by atoms with Crippen LogP contribution in [0.1, 0.15) is 18.1 Å². The molecule has 0 saturated carbocycles. The molecule has 5 N–H and O–H groups in total. The third-order valence-corrected chi connectivity index (χ3v) is 4.49. The van der Waals surface area contributed by atoms with Crippen molar-refractivity contribution in [2.75, 3.05) is 30.0 Å². The number of nitrogens with one attached hydrogen (secondary N) is 2. The largest absolute Gasteiger partial charge is 0.396 e. The van der Waals surface area contributed by atoms with Gasteiger partial charge in [0.25, 0.3) is 0 Å². The van der Waals surface area contributed by atoms with Crippen LogP contribution in [-0.4, -0.2) is 35.4 Å². The van der Waals surface area contributed by atoms with Crippen LogP contribution in [0.25, 0.3) is 11.1 Å². The Hall–Kier alpha value is -3.20. The fourth-order valence-corrected chi connectivity index (χ4v) is 3.24. The van der Waals surface area contributed by atoms with E-state index in [1.165, 1.54) is 18.7 Å². The maximum atomic E-state index is 11.2. The summed E-state index contributed by atoms with van der Waals surface area (Å²) >= 11 is 1.33. The zero-order valence-electron chi connectivity index (χ0n) is 15.0. The van der Waals surface area contributed by atoms with E-state index < -0.39 is 0 Å². The number of aromatic nitrogens is 1. The average Bonchev–Trinajstić information content (AvgIpc) is 2.66. The molecule has 27 heavy (non-hydrogen) atoms. The highest BCUT2D eigenvalue weighted by molar-refractivity contribution is 7.99. The number of thioether (sulfide) groups is 1. The average molecular weight is 381 g/mol. The number of carbonyl (C=O) groups excluding carboxylic acids is 1.